The number of pyridine rings is 1. The predicted octanol–water partition coefficient (Wildman–Crippen LogP) is 1.76. The van der Waals surface area contributed by atoms with Crippen LogP contribution in [0.3, 0.4) is 0 Å². The molecule has 1 aliphatic rings. The molecule has 0 spiro atoms. The minimum absolute atomic E-state index is 0.0273. The largest absolute Gasteiger partial charge is 0.393 e. The number of carbonyl (C=O) groups excluding carboxylic acids is 1. The van der Waals surface area contributed by atoms with Crippen LogP contribution in [0, 0.1) is 11.7 Å². The number of nitrogens with one attached hydrogen (secondary N) is 2. The fraction of sp³-hybridized carbons (Fsp3) is 0.294. The van der Waals surface area contributed by atoms with Crippen molar-refractivity contribution in [2.24, 2.45) is 5.92 Å². The van der Waals surface area contributed by atoms with Gasteiger partial charge in [0.05, 0.1) is 12.1 Å². The predicted molar refractivity (Wildman–Crippen MR) is 82.4 cm³/mol. The summed E-state index contributed by atoms with van der Waals surface area (Å²) in [7, 11) is 0. The molecule has 3 N–H and O–H groups in total. The topological polar surface area (TPSA) is 82.2 Å². The van der Waals surface area contributed by atoms with Crippen LogP contribution in [-0.2, 0) is 0 Å². The average Bonchev–Trinajstić information content (AvgIpc) is 2.51. The number of amides is 1. The van der Waals surface area contributed by atoms with Crippen molar-refractivity contribution >= 4 is 5.91 Å². The number of benzene rings is 1. The van der Waals surface area contributed by atoms with E-state index in [0.29, 0.717) is 12.8 Å². The molecule has 1 aliphatic carbocycles. The number of aliphatic hydroxyl groups is 1. The van der Waals surface area contributed by atoms with Gasteiger partial charge in [-0.25, -0.2) is 4.39 Å². The normalized spacial score (nSPS) is 21.3. The van der Waals surface area contributed by atoms with Crippen LogP contribution in [0.15, 0.2) is 47.4 Å². The van der Waals surface area contributed by atoms with Gasteiger partial charge in [0.1, 0.15) is 11.4 Å². The third kappa shape index (κ3) is 3.32. The molecule has 1 amide bonds. The van der Waals surface area contributed by atoms with Gasteiger partial charge in [-0.1, -0.05) is 12.1 Å². The molecule has 5 nitrogen and oxygen atoms in total. The minimum Gasteiger partial charge on any atom is -0.393 e. The highest BCUT2D eigenvalue weighted by Gasteiger charge is 2.36. The van der Waals surface area contributed by atoms with E-state index in [1.165, 1.54) is 24.4 Å². The lowest BCUT2D eigenvalue weighted by molar-refractivity contribution is 0.0235. The van der Waals surface area contributed by atoms with Gasteiger partial charge in [0, 0.05) is 6.20 Å². The number of halogens is 1. The van der Waals surface area contributed by atoms with Crippen molar-refractivity contribution in [3.63, 3.8) is 0 Å². The molecule has 1 aromatic carbocycles. The Kier molecular flexibility index (Phi) is 4.25. The Hall–Kier alpha value is -2.47. The summed E-state index contributed by atoms with van der Waals surface area (Å²) in [5, 5.41) is 12.4. The first-order valence-corrected chi connectivity index (χ1v) is 7.46. The van der Waals surface area contributed by atoms with Gasteiger partial charge in [-0.15, -0.1) is 0 Å². The fourth-order valence-electron chi connectivity index (χ4n) is 2.86. The summed E-state index contributed by atoms with van der Waals surface area (Å²) in [6.07, 6.45) is 2.21. The Labute approximate surface area is 132 Å². The Bertz CT molecular complexity index is 751. The van der Waals surface area contributed by atoms with Crippen LogP contribution in [0.5, 0.6) is 0 Å². The minimum atomic E-state index is -0.484. The summed E-state index contributed by atoms with van der Waals surface area (Å²) in [4.78, 5) is 26.6. The van der Waals surface area contributed by atoms with Crippen molar-refractivity contribution in [3.05, 3.63) is 69.9 Å². The number of rotatable bonds is 4. The molecule has 1 heterocycles. The maximum absolute atomic E-state index is 13.1. The van der Waals surface area contributed by atoms with Crippen molar-refractivity contribution < 1.29 is 14.3 Å². The molecule has 3 rings (SSSR count). The highest BCUT2D eigenvalue weighted by Crippen LogP contribution is 2.38. The maximum Gasteiger partial charge on any atom is 0.260 e. The SMILES string of the molecule is O=C(N[C@@H](c1ccc(F)cc1)C1CC(O)C1)c1ccc[nH]c1=O. The molecule has 6 heteroatoms. The summed E-state index contributed by atoms with van der Waals surface area (Å²) in [5.41, 5.74) is 0.319. The Balaban J connectivity index is 1.84. The van der Waals surface area contributed by atoms with E-state index in [2.05, 4.69) is 10.3 Å². The molecular formula is C17H17FN2O3. The van der Waals surface area contributed by atoms with Crippen molar-refractivity contribution in [2.75, 3.05) is 0 Å². The van der Waals surface area contributed by atoms with Gasteiger partial charge in [0.25, 0.3) is 11.5 Å². The number of carbonyl (C=O) groups is 1. The van der Waals surface area contributed by atoms with E-state index in [4.69, 9.17) is 0 Å². The molecule has 1 saturated carbocycles. The monoisotopic (exact) mass is 316 g/mol. The van der Waals surface area contributed by atoms with Crippen LogP contribution >= 0.6 is 0 Å². The van der Waals surface area contributed by atoms with Gasteiger partial charge in [-0.2, -0.15) is 0 Å². The second-order valence-electron chi connectivity index (χ2n) is 5.80. The first kappa shape index (κ1) is 15.4. The van der Waals surface area contributed by atoms with Crippen molar-refractivity contribution in [3.8, 4) is 0 Å². The highest BCUT2D eigenvalue weighted by molar-refractivity contribution is 5.94. The van der Waals surface area contributed by atoms with Crippen LogP contribution in [0.1, 0.15) is 34.8 Å². The summed E-state index contributed by atoms with van der Waals surface area (Å²) in [6, 6.07) is 8.55. The van der Waals surface area contributed by atoms with Gasteiger partial charge in [0.2, 0.25) is 0 Å². The molecule has 2 aromatic rings. The molecule has 0 radical (unpaired) electrons. The third-order valence-electron chi connectivity index (χ3n) is 4.20. The number of aromatic nitrogens is 1. The Morgan fingerprint density at radius 1 is 1.26 bits per heavy atom. The lowest BCUT2D eigenvalue weighted by atomic mass is 9.75. The number of H-pyrrole nitrogens is 1. The quantitative estimate of drug-likeness (QED) is 0.804. The van der Waals surface area contributed by atoms with E-state index in [9.17, 15) is 19.1 Å². The van der Waals surface area contributed by atoms with E-state index in [0.717, 1.165) is 5.56 Å². The van der Waals surface area contributed by atoms with Crippen LogP contribution in [-0.4, -0.2) is 22.1 Å². The second-order valence-corrected chi connectivity index (χ2v) is 5.80. The maximum atomic E-state index is 13.1. The molecule has 1 aromatic heterocycles. The van der Waals surface area contributed by atoms with E-state index in [1.54, 1.807) is 18.2 Å². The third-order valence-corrected chi connectivity index (χ3v) is 4.20. The molecule has 0 bridgehead atoms. The molecule has 1 fully saturated rings. The zero-order valence-electron chi connectivity index (χ0n) is 12.3. The number of aromatic amines is 1. The van der Waals surface area contributed by atoms with Gasteiger partial charge < -0.3 is 15.4 Å². The Morgan fingerprint density at radius 2 is 1.96 bits per heavy atom. The summed E-state index contributed by atoms with van der Waals surface area (Å²) in [5.74, 6) is -0.781. The molecule has 1 atom stereocenters. The molecule has 0 saturated heterocycles. The molecule has 0 unspecified atom stereocenters. The average molecular weight is 316 g/mol. The van der Waals surface area contributed by atoms with Gasteiger partial charge in [-0.3, -0.25) is 9.59 Å². The zero-order valence-corrected chi connectivity index (χ0v) is 12.3. The fourth-order valence-corrected chi connectivity index (χ4v) is 2.86. The highest BCUT2D eigenvalue weighted by atomic mass is 19.1. The molecule has 0 aliphatic heterocycles. The van der Waals surface area contributed by atoms with Crippen LogP contribution in [0.4, 0.5) is 4.39 Å². The molecular weight excluding hydrogens is 299 g/mol. The van der Waals surface area contributed by atoms with Gasteiger partial charge >= 0.3 is 0 Å². The van der Waals surface area contributed by atoms with E-state index in [-0.39, 0.29) is 29.4 Å². The first-order valence-electron chi connectivity index (χ1n) is 7.46. The van der Waals surface area contributed by atoms with E-state index in [1.807, 2.05) is 0 Å². The molecule has 23 heavy (non-hydrogen) atoms. The lowest BCUT2D eigenvalue weighted by Gasteiger charge is -2.38. The second kappa shape index (κ2) is 6.34. The van der Waals surface area contributed by atoms with E-state index < -0.39 is 11.5 Å². The van der Waals surface area contributed by atoms with Crippen LogP contribution in [0.25, 0.3) is 0 Å². The van der Waals surface area contributed by atoms with Gasteiger partial charge in [-0.05, 0) is 48.6 Å². The van der Waals surface area contributed by atoms with Crippen molar-refractivity contribution in [1.82, 2.24) is 10.3 Å². The van der Waals surface area contributed by atoms with Gasteiger partial charge in [0.15, 0.2) is 0 Å². The molecule has 120 valence electrons. The zero-order chi connectivity index (χ0) is 16.4. The standard InChI is InChI=1S/C17H17FN2O3/c18-12-5-3-10(4-6-12)15(11-8-13(21)9-11)20-17(23)14-2-1-7-19-16(14)22/h1-7,11,13,15,21H,8-9H2,(H,19,22)(H,20,23)/t11?,13?,15-/m0/s1. The number of hydrogen-bond acceptors (Lipinski definition) is 3. The number of aliphatic hydroxyl groups excluding tert-OH is 1. The number of hydrogen-bond donors (Lipinski definition) is 3. The summed E-state index contributed by atoms with van der Waals surface area (Å²) in [6.45, 7) is 0. The van der Waals surface area contributed by atoms with Crippen molar-refractivity contribution in [1.29, 1.82) is 0 Å². The van der Waals surface area contributed by atoms with Crippen molar-refractivity contribution in [2.45, 2.75) is 25.0 Å². The van der Waals surface area contributed by atoms with E-state index >= 15 is 0 Å². The summed E-state index contributed by atoms with van der Waals surface area (Å²) < 4.78 is 13.1. The summed E-state index contributed by atoms with van der Waals surface area (Å²) >= 11 is 0. The lowest BCUT2D eigenvalue weighted by Crippen LogP contribution is -2.42. The van der Waals surface area contributed by atoms with Crippen LogP contribution < -0.4 is 10.9 Å². The van der Waals surface area contributed by atoms with Crippen LogP contribution in [0.2, 0.25) is 0 Å². The first-order chi connectivity index (χ1) is 11.0. The Morgan fingerprint density at radius 3 is 2.57 bits per heavy atom. The smallest absolute Gasteiger partial charge is 0.260 e.